The molecule has 7 heteroatoms. The summed E-state index contributed by atoms with van der Waals surface area (Å²) in [6, 6.07) is 18.1. The first-order valence-electron chi connectivity index (χ1n) is 9.92. The van der Waals surface area contributed by atoms with Gasteiger partial charge in [-0.15, -0.1) is 0 Å². The second kappa shape index (κ2) is 10.7. The lowest BCUT2D eigenvalue weighted by molar-refractivity contribution is -0.130. The van der Waals surface area contributed by atoms with Crippen LogP contribution < -0.4 is 15.5 Å². The molecular formula is C22H28ClN5O. The second-order valence-electron chi connectivity index (χ2n) is 6.94. The van der Waals surface area contributed by atoms with E-state index in [0.717, 1.165) is 43.2 Å². The van der Waals surface area contributed by atoms with Crippen molar-refractivity contribution < 1.29 is 4.79 Å². The van der Waals surface area contributed by atoms with Crippen molar-refractivity contribution in [2.45, 2.75) is 6.42 Å². The molecule has 1 aliphatic rings. The van der Waals surface area contributed by atoms with Gasteiger partial charge in [0.25, 0.3) is 0 Å². The Labute approximate surface area is 177 Å². The van der Waals surface area contributed by atoms with Crippen molar-refractivity contribution in [3.05, 3.63) is 65.2 Å². The van der Waals surface area contributed by atoms with Gasteiger partial charge in [0.1, 0.15) is 0 Å². The molecular weight excluding hydrogens is 386 g/mol. The summed E-state index contributed by atoms with van der Waals surface area (Å²) >= 11 is 6.01. The molecule has 3 rings (SSSR count). The van der Waals surface area contributed by atoms with Crippen LogP contribution in [0.2, 0.25) is 5.02 Å². The number of piperazine rings is 1. The van der Waals surface area contributed by atoms with Gasteiger partial charge in [0, 0.05) is 50.5 Å². The fraction of sp³-hybridized carbons (Fsp3) is 0.364. The average Bonchev–Trinajstić information content (AvgIpc) is 2.76. The predicted octanol–water partition coefficient (Wildman–Crippen LogP) is 2.40. The van der Waals surface area contributed by atoms with Crippen molar-refractivity contribution in [1.29, 1.82) is 0 Å². The summed E-state index contributed by atoms with van der Waals surface area (Å²) in [7, 11) is 1.71. The van der Waals surface area contributed by atoms with Crippen LogP contribution in [-0.4, -0.2) is 63.1 Å². The van der Waals surface area contributed by atoms with E-state index in [9.17, 15) is 4.79 Å². The normalized spacial score (nSPS) is 14.6. The smallest absolute Gasteiger partial charge is 0.242 e. The minimum absolute atomic E-state index is 0.0931. The van der Waals surface area contributed by atoms with E-state index >= 15 is 0 Å². The van der Waals surface area contributed by atoms with Crippen molar-refractivity contribution in [2.24, 2.45) is 4.99 Å². The Hall–Kier alpha value is -2.73. The number of anilines is 1. The van der Waals surface area contributed by atoms with E-state index in [4.69, 9.17) is 11.6 Å². The lowest BCUT2D eigenvalue weighted by atomic mass is 10.1. The van der Waals surface area contributed by atoms with Gasteiger partial charge in [-0.2, -0.15) is 0 Å². The molecule has 1 amide bonds. The van der Waals surface area contributed by atoms with E-state index in [1.807, 2.05) is 47.4 Å². The quantitative estimate of drug-likeness (QED) is 0.564. The van der Waals surface area contributed by atoms with E-state index in [1.165, 1.54) is 5.69 Å². The molecule has 0 aromatic heterocycles. The van der Waals surface area contributed by atoms with Crippen molar-refractivity contribution in [3.8, 4) is 0 Å². The molecule has 154 valence electrons. The van der Waals surface area contributed by atoms with E-state index in [0.29, 0.717) is 12.5 Å². The van der Waals surface area contributed by atoms with Crippen LogP contribution in [0.5, 0.6) is 0 Å². The minimum Gasteiger partial charge on any atom is -0.368 e. The number of nitrogens with one attached hydrogen (secondary N) is 2. The van der Waals surface area contributed by atoms with Crippen LogP contribution >= 0.6 is 11.6 Å². The molecule has 0 spiro atoms. The first kappa shape index (κ1) is 21.0. The van der Waals surface area contributed by atoms with Gasteiger partial charge in [0.05, 0.1) is 6.54 Å². The molecule has 0 atom stereocenters. The molecule has 29 heavy (non-hydrogen) atoms. The van der Waals surface area contributed by atoms with Crippen molar-refractivity contribution >= 4 is 29.2 Å². The van der Waals surface area contributed by atoms with E-state index in [1.54, 1.807) is 7.05 Å². The first-order valence-corrected chi connectivity index (χ1v) is 10.3. The SMILES string of the molecule is CN=C(NCCc1cccc(Cl)c1)NCC(=O)N1CCN(c2ccccc2)CC1. The Kier molecular flexibility index (Phi) is 7.76. The maximum absolute atomic E-state index is 12.5. The van der Waals surface area contributed by atoms with Crippen LogP contribution in [0.4, 0.5) is 5.69 Å². The highest BCUT2D eigenvalue weighted by Crippen LogP contribution is 2.15. The predicted molar refractivity (Wildman–Crippen MR) is 120 cm³/mol. The highest BCUT2D eigenvalue weighted by Gasteiger charge is 2.21. The zero-order chi connectivity index (χ0) is 20.5. The fourth-order valence-electron chi connectivity index (χ4n) is 3.36. The molecule has 6 nitrogen and oxygen atoms in total. The zero-order valence-electron chi connectivity index (χ0n) is 16.8. The number of hydrogen-bond acceptors (Lipinski definition) is 3. The Balaban J connectivity index is 1.38. The first-order chi connectivity index (χ1) is 14.2. The number of para-hydroxylation sites is 1. The summed E-state index contributed by atoms with van der Waals surface area (Å²) in [6.45, 7) is 4.11. The molecule has 0 radical (unpaired) electrons. The Bertz CT molecular complexity index is 819. The lowest BCUT2D eigenvalue weighted by Gasteiger charge is -2.36. The van der Waals surface area contributed by atoms with Gasteiger partial charge >= 0.3 is 0 Å². The molecule has 0 bridgehead atoms. The van der Waals surface area contributed by atoms with E-state index < -0.39 is 0 Å². The number of halogens is 1. The summed E-state index contributed by atoms with van der Waals surface area (Å²) in [5.74, 6) is 0.721. The molecule has 1 heterocycles. The van der Waals surface area contributed by atoms with Gasteiger partial charge in [-0.1, -0.05) is 41.9 Å². The van der Waals surface area contributed by atoms with Gasteiger partial charge in [-0.25, -0.2) is 0 Å². The number of guanidine groups is 1. The van der Waals surface area contributed by atoms with Crippen molar-refractivity contribution in [2.75, 3.05) is 51.2 Å². The van der Waals surface area contributed by atoms with Gasteiger partial charge in [0.15, 0.2) is 5.96 Å². The molecule has 2 N–H and O–H groups in total. The van der Waals surface area contributed by atoms with Gasteiger partial charge in [-0.3, -0.25) is 9.79 Å². The number of rotatable bonds is 6. The average molecular weight is 414 g/mol. The molecule has 1 fully saturated rings. The molecule has 1 saturated heterocycles. The summed E-state index contributed by atoms with van der Waals surface area (Å²) in [6.07, 6.45) is 0.830. The number of hydrogen-bond donors (Lipinski definition) is 2. The Morgan fingerprint density at radius 2 is 1.79 bits per heavy atom. The van der Waals surface area contributed by atoms with Crippen LogP contribution in [-0.2, 0) is 11.2 Å². The monoisotopic (exact) mass is 413 g/mol. The summed E-state index contributed by atoms with van der Waals surface area (Å²) < 4.78 is 0. The Morgan fingerprint density at radius 3 is 2.48 bits per heavy atom. The fourth-order valence-corrected chi connectivity index (χ4v) is 3.58. The van der Waals surface area contributed by atoms with Crippen molar-refractivity contribution in [1.82, 2.24) is 15.5 Å². The summed E-state index contributed by atoms with van der Waals surface area (Å²) in [5.41, 5.74) is 2.37. The van der Waals surface area contributed by atoms with Crippen LogP contribution in [0, 0.1) is 0 Å². The summed E-state index contributed by atoms with van der Waals surface area (Å²) in [4.78, 5) is 21.0. The molecule has 0 saturated carbocycles. The topological polar surface area (TPSA) is 60.0 Å². The molecule has 0 aliphatic carbocycles. The van der Waals surface area contributed by atoms with Gasteiger partial charge in [-0.05, 0) is 36.2 Å². The van der Waals surface area contributed by atoms with Crippen molar-refractivity contribution in [3.63, 3.8) is 0 Å². The van der Waals surface area contributed by atoms with Gasteiger partial charge in [0.2, 0.25) is 5.91 Å². The maximum atomic E-state index is 12.5. The molecule has 2 aromatic rings. The number of aliphatic imine (C=N–C) groups is 1. The standard InChI is InChI=1S/C22H28ClN5O/c1-24-22(25-11-10-18-6-5-7-19(23)16-18)26-17-21(29)28-14-12-27(13-15-28)20-8-3-2-4-9-20/h2-9,16H,10-15,17H2,1H3,(H2,24,25,26). The Morgan fingerprint density at radius 1 is 1.03 bits per heavy atom. The van der Waals surface area contributed by atoms with Crippen LogP contribution in [0.3, 0.4) is 0 Å². The van der Waals surface area contributed by atoms with Crippen LogP contribution in [0.25, 0.3) is 0 Å². The number of nitrogens with zero attached hydrogens (tertiary/aromatic N) is 3. The van der Waals surface area contributed by atoms with Crippen LogP contribution in [0.1, 0.15) is 5.56 Å². The maximum Gasteiger partial charge on any atom is 0.242 e. The molecule has 2 aromatic carbocycles. The lowest BCUT2D eigenvalue weighted by Crippen LogP contribution is -2.52. The number of benzene rings is 2. The second-order valence-corrected chi connectivity index (χ2v) is 7.37. The van der Waals surface area contributed by atoms with E-state index in [2.05, 4.69) is 32.7 Å². The van der Waals surface area contributed by atoms with Crippen LogP contribution in [0.15, 0.2) is 59.6 Å². The third kappa shape index (κ3) is 6.39. The van der Waals surface area contributed by atoms with E-state index in [-0.39, 0.29) is 12.5 Å². The number of carbonyl (C=O) groups is 1. The van der Waals surface area contributed by atoms with Gasteiger partial charge < -0.3 is 20.4 Å². The minimum atomic E-state index is 0.0931. The summed E-state index contributed by atoms with van der Waals surface area (Å²) in [5, 5.41) is 7.09. The third-order valence-electron chi connectivity index (χ3n) is 4.98. The zero-order valence-corrected chi connectivity index (χ0v) is 17.5. The molecule has 1 aliphatic heterocycles. The number of carbonyl (C=O) groups excluding carboxylic acids is 1. The highest BCUT2D eigenvalue weighted by molar-refractivity contribution is 6.30. The largest absolute Gasteiger partial charge is 0.368 e. The third-order valence-corrected chi connectivity index (χ3v) is 5.21. The highest BCUT2D eigenvalue weighted by atomic mass is 35.5. The number of amides is 1. The molecule has 0 unspecified atom stereocenters.